The summed E-state index contributed by atoms with van der Waals surface area (Å²) in [6.45, 7) is 3.31. The second-order valence-electron chi connectivity index (χ2n) is 7.08. The van der Waals surface area contributed by atoms with Crippen LogP contribution < -0.4 is 5.32 Å². The van der Waals surface area contributed by atoms with Gasteiger partial charge in [-0.3, -0.25) is 10.1 Å². The molecule has 0 saturated heterocycles. The fourth-order valence-corrected chi connectivity index (χ4v) is 3.36. The number of nitrogens with one attached hydrogen (secondary N) is 1. The van der Waals surface area contributed by atoms with Crippen molar-refractivity contribution < 1.29 is 29.3 Å². The number of Topliss-reactive ketones (excluding diaryl/α,β-unsaturated/α-hetero) is 1. The van der Waals surface area contributed by atoms with Crippen molar-refractivity contribution in [1.29, 1.82) is 0 Å². The summed E-state index contributed by atoms with van der Waals surface area (Å²) in [6, 6.07) is 11.3. The zero-order valence-corrected chi connectivity index (χ0v) is 18.8. The van der Waals surface area contributed by atoms with Gasteiger partial charge >= 0.3 is 12.1 Å². The normalized spacial score (nSPS) is 12.9. The van der Waals surface area contributed by atoms with Gasteiger partial charge in [-0.2, -0.15) is 0 Å². The van der Waals surface area contributed by atoms with Gasteiger partial charge in [-0.05, 0) is 68.1 Å². The fourth-order valence-electron chi connectivity index (χ4n) is 2.98. The molecule has 0 bridgehead atoms. The first-order valence-corrected chi connectivity index (χ1v) is 10.4. The average Bonchev–Trinajstić information content (AvgIpc) is 2.71. The lowest BCUT2D eigenvalue weighted by Crippen LogP contribution is -2.22. The number of rotatable bonds is 9. The standard InChI is InChI=1S/C23H24BrNO6/c1-14(5-3-4-6-21(28)29)22(19-13-17(24)9-12-20(19)27)31-23(30)25-18-10-7-16(8-11-18)15(2)26/h4,6-14,22,27H,3,5H2,1-2H3,(H,25,30)(H,28,29)/b6-4+/t14-,22-/m0/s1. The van der Waals surface area contributed by atoms with Crippen LogP contribution in [-0.2, 0) is 9.53 Å². The third-order valence-electron chi connectivity index (χ3n) is 4.63. The van der Waals surface area contributed by atoms with Crippen molar-refractivity contribution in [2.45, 2.75) is 32.8 Å². The minimum atomic E-state index is -1.03. The Kier molecular flexibility index (Phi) is 8.81. The van der Waals surface area contributed by atoms with Gasteiger partial charge in [0.2, 0.25) is 0 Å². The van der Waals surface area contributed by atoms with Crippen LogP contribution >= 0.6 is 15.9 Å². The van der Waals surface area contributed by atoms with Crippen LogP contribution in [0.4, 0.5) is 10.5 Å². The van der Waals surface area contributed by atoms with Crippen LogP contribution in [0.3, 0.4) is 0 Å². The molecule has 7 nitrogen and oxygen atoms in total. The predicted molar refractivity (Wildman–Crippen MR) is 120 cm³/mol. The average molecular weight is 490 g/mol. The van der Waals surface area contributed by atoms with E-state index >= 15 is 0 Å². The molecule has 2 rings (SSSR count). The topological polar surface area (TPSA) is 113 Å². The summed E-state index contributed by atoms with van der Waals surface area (Å²) in [7, 11) is 0. The minimum Gasteiger partial charge on any atom is -0.508 e. The number of anilines is 1. The van der Waals surface area contributed by atoms with Crippen LogP contribution in [0.2, 0.25) is 0 Å². The Labute approximate surface area is 188 Å². The van der Waals surface area contributed by atoms with E-state index in [4.69, 9.17) is 9.84 Å². The molecule has 8 heteroatoms. The number of ketones is 1. The second-order valence-corrected chi connectivity index (χ2v) is 8.00. The van der Waals surface area contributed by atoms with E-state index in [1.807, 2.05) is 6.92 Å². The Bertz CT molecular complexity index is 971. The van der Waals surface area contributed by atoms with Gasteiger partial charge in [-0.25, -0.2) is 9.59 Å². The number of aliphatic carboxylic acids is 1. The summed E-state index contributed by atoms with van der Waals surface area (Å²) in [4.78, 5) is 34.6. The van der Waals surface area contributed by atoms with Gasteiger partial charge < -0.3 is 14.9 Å². The van der Waals surface area contributed by atoms with Crippen LogP contribution in [0.1, 0.15) is 48.7 Å². The lowest BCUT2D eigenvalue weighted by molar-refractivity contribution is -0.131. The third kappa shape index (κ3) is 7.57. The zero-order valence-electron chi connectivity index (χ0n) is 17.2. The highest BCUT2D eigenvalue weighted by Gasteiger charge is 2.26. The van der Waals surface area contributed by atoms with E-state index in [1.165, 1.54) is 19.1 Å². The number of benzene rings is 2. The van der Waals surface area contributed by atoms with Gasteiger partial charge in [0.25, 0.3) is 0 Å². The van der Waals surface area contributed by atoms with E-state index in [2.05, 4.69) is 21.2 Å². The molecular formula is C23H24BrNO6. The lowest BCUT2D eigenvalue weighted by Gasteiger charge is -2.25. The number of halogens is 1. The number of carboxylic acid groups (broad SMARTS) is 1. The highest BCUT2D eigenvalue weighted by atomic mass is 79.9. The van der Waals surface area contributed by atoms with Crippen molar-refractivity contribution in [3.05, 3.63) is 70.2 Å². The monoisotopic (exact) mass is 489 g/mol. The number of allylic oxidation sites excluding steroid dienone is 1. The van der Waals surface area contributed by atoms with Gasteiger partial charge in [0.1, 0.15) is 11.9 Å². The van der Waals surface area contributed by atoms with E-state index < -0.39 is 18.2 Å². The van der Waals surface area contributed by atoms with Gasteiger partial charge in [-0.15, -0.1) is 0 Å². The van der Waals surface area contributed by atoms with E-state index in [9.17, 15) is 19.5 Å². The Morgan fingerprint density at radius 1 is 1.16 bits per heavy atom. The first kappa shape index (κ1) is 24.1. The summed E-state index contributed by atoms with van der Waals surface area (Å²) >= 11 is 3.36. The molecule has 0 radical (unpaired) electrons. The van der Waals surface area contributed by atoms with Crippen LogP contribution in [0.25, 0.3) is 0 Å². The van der Waals surface area contributed by atoms with Crippen LogP contribution in [-0.4, -0.2) is 28.1 Å². The molecule has 0 saturated carbocycles. The van der Waals surface area contributed by atoms with Gasteiger partial charge in [0.05, 0.1) is 0 Å². The molecule has 31 heavy (non-hydrogen) atoms. The molecule has 0 fully saturated rings. The summed E-state index contributed by atoms with van der Waals surface area (Å²) < 4.78 is 6.37. The maximum atomic E-state index is 12.5. The van der Waals surface area contributed by atoms with Gasteiger partial charge in [-0.1, -0.05) is 28.9 Å². The Balaban J connectivity index is 2.17. The molecule has 0 aliphatic carbocycles. The van der Waals surface area contributed by atoms with Crippen LogP contribution in [0, 0.1) is 5.92 Å². The summed E-state index contributed by atoms with van der Waals surface area (Å²) in [5.74, 6) is -1.34. The molecule has 0 aromatic heterocycles. The number of carboxylic acids is 1. The largest absolute Gasteiger partial charge is 0.508 e. The van der Waals surface area contributed by atoms with Crippen LogP contribution in [0.5, 0.6) is 5.75 Å². The maximum Gasteiger partial charge on any atom is 0.412 e. The number of aromatic hydroxyl groups is 1. The number of amides is 1. The summed E-state index contributed by atoms with van der Waals surface area (Å²) in [5, 5.41) is 21.7. The van der Waals surface area contributed by atoms with Crippen LogP contribution in [0.15, 0.2) is 59.1 Å². The maximum absolute atomic E-state index is 12.5. The van der Waals surface area contributed by atoms with Crippen molar-refractivity contribution in [2.24, 2.45) is 5.92 Å². The molecule has 2 aromatic rings. The summed E-state index contributed by atoms with van der Waals surface area (Å²) in [6.07, 6.45) is 2.11. The van der Waals surface area contributed by atoms with E-state index in [-0.39, 0.29) is 17.5 Å². The Morgan fingerprint density at radius 3 is 2.45 bits per heavy atom. The van der Waals surface area contributed by atoms with Crippen molar-refractivity contribution in [3.63, 3.8) is 0 Å². The number of carbonyl (C=O) groups is 3. The van der Waals surface area contributed by atoms with Crippen molar-refractivity contribution in [2.75, 3.05) is 5.32 Å². The zero-order chi connectivity index (χ0) is 23.0. The Morgan fingerprint density at radius 2 is 1.84 bits per heavy atom. The molecular weight excluding hydrogens is 466 g/mol. The molecule has 164 valence electrons. The molecule has 3 N–H and O–H groups in total. The molecule has 1 amide bonds. The van der Waals surface area contributed by atoms with Gasteiger partial charge in [0.15, 0.2) is 5.78 Å². The van der Waals surface area contributed by atoms with E-state index in [1.54, 1.807) is 36.4 Å². The van der Waals surface area contributed by atoms with Crippen molar-refractivity contribution in [1.82, 2.24) is 0 Å². The van der Waals surface area contributed by atoms with Crippen molar-refractivity contribution >= 4 is 39.5 Å². The number of phenols is 1. The quantitative estimate of drug-likeness (QED) is 0.307. The second kappa shape index (κ2) is 11.3. The van der Waals surface area contributed by atoms with Gasteiger partial charge in [0, 0.05) is 27.4 Å². The van der Waals surface area contributed by atoms with Crippen molar-refractivity contribution in [3.8, 4) is 5.75 Å². The highest BCUT2D eigenvalue weighted by Crippen LogP contribution is 2.36. The smallest absolute Gasteiger partial charge is 0.412 e. The molecule has 2 aromatic carbocycles. The van der Waals surface area contributed by atoms with E-state index in [0.29, 0.717) is 34.1 Å². The predicted octanol–water partition coefficient (Wildman–Crippen LogP) is 5.70. The highest BCUT2D eigenvalue weighted by molar-refractivity contribution is 9.10. The molecule has 0 unspecified atom stereocenters. The minimum absolute atomic E-state index is 0.0141. The number of phenolic OH excluding ortho intramolecular Hbond substituents is 1. The lowest BCUT2D eigenvalue weighted by atomic mass is 9.92. The molecule has 2 atom stereocenters. The molecule has 0 aliphatic heterocycles. The van der Waals surface area contributed by atoms with E-state index in [0.717, 1.165) is 6.08 Å². The first-order chi connectivity index (χ1) is 14.7. The number of hydrogen-bond acceptors (Lipinski definition) is 5. The first-order valence-electron chi connectivity index (χ1n) is 9.64. The molecule has 0 heterocycles. The SMILES string of the molecule is CC(=O)c1ccc(NC(=O)O[C@H](c2cc(Br)ccc2O)[C@@H](C)CC/C=C/C(=O)O)cc1. The number of ether oxygens (including phenoxy) is 1. The molecule has 0 aliphatic rings. The summed E-state index contributed by atoms with van der Waals surface area (Å²) in [5.41, 5.74) is 1.43. The number of carbonyl (C=O) groups excluding carboxylic acids is 2. The third-order valence-corrected chi connectivity index (χ3v) is 5.13. The number of hydrogen-bond donors (Lipinski definition) is 3. The fraction of sp³-hybridized carbons (Fsp3) is 0.261. The Hall–Kier alpha value is -3.13. The molecule has 0 spiro atoms.